The topological polar surface area (TPSA) is 61.9 Å². The fourth-order valence-corrected chi connectivity index (χ4v) is 2.72. The SMILES string of the molecule is CC[C@@H](c1ccnn1C)n1cnc2ccc(OC)cc2c1=O. The molecule has 0 aliphatic heterocycles. The lowest BCUT2D eigenvalue weighted by Crippen LogP contribution is -2.27. The van der Waals surface area contributed by atoms with Crippen LogP contribution in [0, 0.1) is 0 Å². The molecule has 22 heavy (non-hydrogen) atoms. The second-order valence-corrected chi connectivity index (χ2v) is 5.14. The highest BCUT2D eigenvalue weighted by Gasteiger charge is 2.18. The highest BCUT2D eigenvalue weighted by molar-refractivity contribution is 5.78. The van der Waals surface area contributed by atoms with Gasteiger partial charge in [0.2, 0.25) is 0 Å². The summed E-state index contributed by atoms with van der Waals surface area (Å²) in [6, 6.07) is 7.17. The van der Waals surface area contributed by atoms with Gasteiger partial charge < -0.3 is 4.74 Å². The Bertz CT molecular complexity index is 866. The summed E-state index contributed by atoms with van der Waals surface area (Å²) in [6.07, 6.45) is 4.12. The number of aromatic nitrogens is 4. The van der Waals surface area contributed by atoms with Gasteiger partial charge >= 0.3 is 0 Å². The van der Waals surface area contributed by atoms with Crippen LogP contribution in [0.3, 0.4) is 0 Å². The smallest absolute Gasteiger partial charge is 0.261 e. The number of methoxy groups -OCH3 is 1. The first-order valence-electron chi connectivity index (χ1n) is 7.18. The molecular weight excluding hydrogens is 280 g/mol. The molecule has 1 aromatic carbocycles. The summed E-state index contributed by atoms with van der Waals surface area (Å²) in [5.74, 6) is 0.651. The summed E-state index contributed by atoms with van der Waals surface area (Å²) < 4.78 is 8.66. The van der Waals surface area contributed by atoms with Crippen LogP contribution in [0.25, 0.3) is 10.9 Å². The van der Waals surface area contributed by atoms with Gasteiger partial charge in [-0.15, -0.1) is 0 Å². The molecule has 0 aliphatic carbocycles. The minimum atomic E-state index is -0.0944. The minimum absolute atomic E-state index is 0.0723. The number of nitrogens with zero attached hydrogens (tertiary/aromatic N) is 4. The van der Waals surface area contributed by atoms with Crippen molar-refractivity contribution in [2.75, 3.05) is 7.11 Å². The van der Waals surface area contributed by atoms with Gasteiger partial charge in [0.25, 0.3) is 5.56 Å². The Morgan fingerprint density at radius 1 is 1.32 bits per heavy atom. The van der Waals surface area contributed by atoms with Crippen molar-refractivity contribution < 1.29 is 4.74 Å². The fourth-order valence-electron chi connectivity index (χ4n) is 2.72. The standard InChI is InChI=1S/C16H18N4O2/c1-4-14(15-7-8-18-19(15)2)20-10-17-13-6-5-11(22-3)9-12(13)16(20)21/h5-10,14H,4H2,1-3H3/t14-/m0/s1. The lowest BCUT2D eigenvalue weighted by Gasteiger charge is -2.18. The van der Waals surface area contributed by atoms with E-state index in [0.29, 0.717) is 16.7 Å². The number of fused-ring (bicyclic) bond motifs is 1. The summed E-state index contributed by atoms with van der Waals surface area (Å²) in [5, 5.41) is 4.75. The maximum absolute atomic E-state index is 12.8. The second kappa shape index (κ2) is 5.63. The van der Waals surface area contributed by atoms with Crippen LogP contribution in [-0.2, 0) is 7.05 Å². The Labute approximate surface area is 128 Å². The fraction of sp³-hybridized carbons (Fsp3) is 0.312. The second-order valence-electron chi connectivity index (χ2n) is 5.14. The summed E-state index contributed by atoms with van der Waals surface area (Å²) >= 11 is 0. The van der Waals surface area contributed by atoms with E-state index in [1.807, 2.05) is 20.0 Å². The zero-order chi connectivity index (χ0) is 15.7. The number of hydrogen-bond donors (Lipinski definition) is 0. The van der Waals surface area contributed by atoms with Crippen LogP contribution in [0.1, 0.15) is 25.1 Å². The van der Waals surface area contributed by atoms with Crippen LogP contribution < -0.4 is 10.3 Å². The van der Waals surface area contributed by atoms with E-state index in [1.54, 1.807) is 47.1 Å². The van der Waals surface area contributed by atoms with Crippen LogP contribution in [0.4, 0.5) is 0 Å². The Morgan fingerprint density at radius 2 is 2.14 bits per heavy atom. The van der Waals surface area contributed by atoms with Gasteiger partial charge in [-0.3, -0.25) is 14.0 Å². The van der Waals surface area contributed by atoms with Crippen LogP contribution in [0.5, 0.6) is 5.75 Å². The predicted octanol–water partition coefficient (Wildman–Crippen LogP) is 2.14. The van der Waals surface area contributed by atoms with Crippen molar-refractivity contribution in [3.8, 4) is 5.75 Å². The van der Waals surface area contributed by atoms with E-state index in [9.17, 15) is 4.79 Å². The number of ether oxygens (including phenoxy) is 1. The minimum Gasteiger partial charge on any atom is -0.497 e. The third-order valence-corrected chi connectivity index (χ3v) is 3.91. The van der Waals surface area contributed by atoms with Gasteiger partial charge in [0.1, 0.15) is 5.75 Å². The van der Waals surface area contributed by atoms with Gasteiger partial charge in [0.05, 0.1) is 36.1 Å². The molecule has 0 fully saturated rings. The molecule has 0 spiro atoms. The van der Waals surface area contributed by atoms with Crippen molar-refractivity contribution >= 4 is 10.9 Å². The molecule has 0 radical (unpaired) electrons. The number of benzene rings is 1. The largest absolute Gasteiger partial charge is 0.497 e. The van der Waals surface area contributed by atoms with E-state index in [4.69, 9.17) is 4.74 Å². The van der Waals surface area contributed by atoms with Crippen molar-refractivity contribution in [3.05, 3.63) is 52.8 Å². The Hall–Kier alpha value is -2.63. The summed E-state index contributed by atoms with van der Waals surface area (Å²) in [5.41, 5.74) is 1.58. The van der Waals surface area contributed by atoms with Crippen molar-refractivity contribution in [2.45, 2.75) is 19.4 Å². The molecule has 0 saturated carbocycles. The van der Waals surface area contributed by atoms with Crippen LogP contribution in [0.15, 0.2) is 41.6 Å². The monoisotopic (exact) mass is 298 g/mol. The molecule has 0 bridgehead atoms. The molecule has 6 heteroatoms. The van der Waals surface area contributed by atoms with Crippen molar-refractivity contribution in [3.63, 3.8) is 0 Å². The van der Waals surface area contributed by atoms with Gasteiger partial charge in [-0.05, 0) is 30.7 Å². The van der Waals surface area contributed by atoms with E-state index in [2.05, 4.69) is 10.1 Å². The molecule has 0 aliphatic rings. The van der Waals surface area contributed by atoms with E-state index in [-0.39, 0.29) is 11.6 Å². The molecule has 114 valence electrons. The third-order valence-electron chi connectivity index (χ3n) is 3.91. The quantitative estimate of drug-likeness (QED) is 0.740. The lowest BCUT2D eigenvalue weighted by molar-refractivity contribution is 0.415. The van der Waals surface area contributed by atoms with Crippen molar-refractivity contribution in [2.24, 2.45) is 7.05 Å². The van der Waals surface area contributed by atoms with E-state index >= 15 is 0 Å². The Balaban J connectivity index is 2.20. The summed E-state index contributed by atoms with van der Waals surface area (Å²) in [6.45, 7) is 2.04. The van der Waals surface area contributed by atoms with Gasteiger partial charge in [0, 0.05) is 13.2 Å². The maximum Gasteiger partial charge on any atom is 0.261 e. The molecule has 3 aromatic rings. The molecule has 0 saturated heterocycles. The molecular formula is C16H18N4O2. The average molecular weight is 298 g/mol. The molecule has 2 heterocycles. The van der Waals surface area contributed by atoms with E-state index in [1.165, 1.54) is 0 Å². The normalized spacial score (nSPS) is 12.5. The van der Waals surface area contributed by atoms with Gasteiger partial charge in [-0.1, -0.05) is 6.92 Å². The van der Waals surface area contributed by atoms with Gasteiger partial charge in [-0.25, -0.2) is 4.98 Å². The highest BCUT2D eigenvalue weighted by atomic mass is 16.5. The Morgan fingerprint density at radius 3 is 2.77 bits per heavy atom. The highest BCUT2D eigenvalue weighted by Crippen LogP contribution is 2.21. The first-order valence-corrected chi connectivity index (χ1v) is 7.18. The van der Waals surface area contributed by atoms with E-state index in [0.717, 1.165) is 12.1 Å². The van der Waals surface area contributed by atoms with Crippen LogP contribution in [0.2, 0.25) is 0 Å². The average Bonchev–Trinajstić information content (AvgIpc) is 2.96. The lowest BCUT2D eigenvalue weighted by atomic mass is 10.1. The van der Waals surface area contributed by atoms with Gasteiger partial charge in [0.15, 0.2) is 0 Å². The molecule has 1 atom stereocenters. The van der Waals surface area contributed by atoms with Crippen molar-refractivity contribution in [1.29, 1.82) is 0 Å². The molecule has 2 aromatic heterocycles. The van der Waals surface area contributed by atoms with Gasteiger partial charge in [-0.2, -0.15) is 5.10 Å². The number of aryl methyl sites for hydroxylation is 1. The predicted molar refractivity (Wildman–Crippen MR) is 84.2 cm³/mol. The first-order chi connectivity index (χ1) is 10.7. The zero-order valence-corrected chi connectivity index (χ0v) is 12.9. The molecule has 0 amide bonds. The first kappa shape index (κ1) is 14.3. The van der Waals surface area contributed by atoms with Crippen LogP contribution in [-0.4, -0.2) is 26.4 Å². The van der Waals surface area contributed by atoms with Crippen LogP contribution >= 0.6 is 0 Å². The van der Waals surface area contributed by atoms with E-state index < -0.39 is 0 Å². The molecule has 0 unspecified atom stereocenters. The zero-order valence-electron chi connectivity index (χ0n) is 12.9. The molecule has 3 rings (SSSR count). The van der Waals surface area contributed by atoms with Crippen molar-refractivity contribution in [1.82, 2.24) is 19.3 Å². The Kier molecular flexibility index (Phi) is 3.66. The third kappa shape index (κ3) is 2.26. The molecule has 6 nitrogen and oxygen atoms in total. The summed E-state index contributed by atoms with van der Waals surface area (Å²) in [4.78, 5) is 17.2. The summed E-state index contributed by atoms with van der Waals surface area (Å²) in [7, 11) is 3.46. The number of rotatable bonds is 4. The maximum atomic E-state index is 12.8. The number of hydrogen-bond acceptors (Lipinski definition) is 4. The molecule has 0 N–H and O–H groups in total.